The van der Waals surface area contributed by atoms with E-state index in [9.17, 15) is 14.9 Å². The maximum Gasteiger partial charge on any atom is 0.335 e. The van der Waals surface area contributed by atoms with Gasteiger partial charge >= 0.3 is 5.97 Å². The second-order valence-electron chi connectivity index (χ2n) is 4.89. The highest BCUT2D eigenvalue weighted by atomic mass is 79.9. The Morgan fingerprint density at radius 3 is 2.48 bits per heavy atom. The standard InChI is InChI=1S/C18H13BrN2O4/c1-25-16-7-4-14(19)9-12(16)8-13(10-20)17(22)21-15-5-2-11(3-6-15)18(23)24/h2-9H,1H3,(H,21,22)(H,23,24). The van der Waals surface area contributed by atoms with E-state index in [4.69, 9.17) is 9.84 Å². The summed E-state index contributed by atoms with van der Waals surface area (Å²) in [4.78, 5) is 23.1. The van der Waals surface area contributed by atoms with Gasteiger partial charge in [-0.3, -0.25) is 4.79 Å². The molecular formula is C18H13BrN2O4. The predicted molar refractivity (Wildman–Crippen MR) is 96.3 cm³/mol. The number of benzene rings is 2. The number of anilines is 1. The summed E-state index contributed by atoms with van der Waals surface area (Å²) in [5.74, 6) is -1.14. The Labute approximate surface area is 152 Å². The van der Waals surface area contributed by atoms with Crippen LogP contribution in [-0.2, 0) is 4.79 Å². The lowest BCUT2D eigenvalue weighted by molar-refractivity contribution is -0.112. The van der Waals surface area contributed by atoms with Crippen LogP contribution in [0.15, 0.2) is 52.5 Å². The molecule has 7 heteroatoms. The number of halogens is 1. The Morgan fingerprint density at radius 2 is 1.92 bits per heavy atom. The van der Waals surface area contributed by atoms with E-state index >= 15 is 0 Å². The van der Waals surface area contributed by atoms with Crippen molar-refractivity contribution in [1.82, 2.24) is 0 Å². The zero-order valence-corrected chi connectivity index (χ0v) is 14.7. The lowest BCUT2D eigenvalue weighted by atomic mass is 10.1. The molecule has 0 heterocycles. The zero-order chi connectivity index (χ0) is 18.4. The molecule has 0 bridgehead atoms. The Hall–Kier alpha value is -3.11. The molecule has 2 aromatic carbocycles. The highest BCUT2D eigenvalue weighted by Crippen LogP contribution is 2.25. The molecule has 0 saturated heterocycles. The minimum Gasteiger partial charge on any atom is -0.496 e. The van der Waals surface area contributed by atoms with E-state index in [0.717, 1.165) is 4.47 Å². The van der Waals surface area contributed by atoms with Crippen LogP contribution in [0.2, 0.25) is 0 Å². The first-order valence-corrected chi connectivity index (χ1v) is 7.84. The van der Waals surface area contributed by atoms with Crippen molar-refractivity contribution in [2.24, 2.45) is 0 Å². The second-order valence-corrected chi connectivity index (χ2v) is 5.81. The van der Waals surface area contributed by atoms with Crippen molar-refractivity contribution in [2.75, 3.05) is 12.4 Å². The molecule has 2 rings (SSSR count). The van der Waals surface area contributed by atoms with Crippen LogP contribution in [0, 0.1) is 11.3 Å². The number of nitrogens with zero attached hydrogens (tertiary/aromatic N) is 1. The van der Waals surface area contributed by atoms with E-state index in [2.05, 4.69) is 21.2 Å². The molecule has 0 saturated carbocycles. The number of carbonyl (C=O) groups excluding carboxylic acids is 1. The number of nitrogens with one attached hydrogen (secondary N) is 1. The minimum absolute atomic E-state index is 0.105. The molecule has 25 heavy (non-hydrogen) atoms. The highest BCUT2D eigenvalue weighted by Gasteiger charge is 2.12. The van der Waals surface area contributed by atoms with E-state index in [0.29, 0.717) is 17.0 Å². The van der Waals surface area contributed by atoms with Crippen molar-refractivity contribution in [3.8, 4) is 11.8 Å². The number of aromatic carboxylic acids is 1. The molecule has 0 spiro atoms. The summed E-state index contributed by atoms with van der Waals surface area (Å²) in [6.45, 7) is 0. The molecule has 0 aliphatic heterocycles. The van der Waals surface area contributed by atoms with Gasteiger partial charge in [-0.05, 0) is 48.5 Å². The fourth-order valence-electron chi connectivity index (χ4n) is 2.02. The van der Waals surface area contributed by atoms with E-state index < -0.39 is 11.9 Å². The van der Waals surface area contributed by atoms with Crippen molar-refractivity contribution in [3.05, 3.63) is 63.6 Å². The van der Waals surface area contributed by atoms with Crippen molar-refractivity contribution < 1.29 is 19.4 Å². The highest BCUT2D eigenvalue weighted by molar-refractivity contribution is 9.10. The van der Waals surface area contributed by atoms with Gasteiger partial charge in [0.15, 0.2) is 0 Å². The summed E-state index contributed by atoms with van der Waals surface area (Å²) < 4.78 is 6.00. The number of rotatable bonds is 5. The van der Waals surface area contributed by atoms with Gasteiger partial charge in [-0.2, -0.15) is 5.26 Å². The zero-order valence-electron chi connectivity index (χ0n) is 13.1. The average Bonchev–Trinajstić information content (AvgIpc) is 2.60. The van der Waals surface area contributed by atoms with E-state index in [-0.39, 0.29) is 11.1 Å². The van der Waals surface area contributed by atoms with Gasteiger partial charge in [-0.25, -0.2) is 4.79 Å². The smallest absolute Gasteiger partial charge is 0.335 e. The normalized spacial score (nSPS) is 10.7. The molecule has 126 valence electrons. The topological polar surface area (TPSA) is 99.4 Å². The van der Waals surface area contributed by atoms with Gasteiger partial charge < -0.3 is 15.2 Å². The fourth-order valence-corrected chi connectivity index (χ4v) is 2.40. The number of hydrogen-bond donors (Lipinski definition) is 2. The molecule has 2 N–H and O–H groups in total. The summed E-state index contributed by atoms with van der Waals surface area (Å²) in [6.07, 6.45) is 1.42. The lowest BCUT2D eigenvalue weighted by Crippen LogP contribution is -2.13. The van der Waals surface area contributed by atoms with Gasteiger partial charge in [-0.15, -0.1) is 0 Å². The average molecular weight is 401 g/mol. The third kappa shape index (κ3) is 4.68. The number of hydrogen-bond acceptors (Lipinski definition) is 4. The van der Waals surface area contributed by atoms with Crippen LogP contribution in [0.3, 0.4) is 0 Å². The Kier molecular flexibility index (Phi) is 5.93. The quantitative estimate of drug-likeness (QED) is 0.588. The van der Waals surface area contributed by atoms with Gasteiger partial charge in [0, 0.05) is 15.7 Å². The van der Waals surface area contributed by atoms with Crippen molar-refractivity contribution in [1.29, 1.82) is 5.26 Å². The molecule has 2 aromatic rings. The van der Waals surface area contributed by atoms with Gasteiger partial charge in [0.1, 0.15) is 17.4 Å². The van der Waals surface area contributed by atoms with Crippen LogP contribution in [0.4, 0.5) is 5.69 Å². The minimum atomic E-state index is -1.06. The number of methoxy groups -OCH3 is 1. The molecule has 0 aromatic heterocycles. The molecule has 0 unspecified atom stereocenters. The number of ether oxygens (including phenoxy) is 1. The molecule has 0 atom stereocenters. The fraction of sp³-hybridized carbons (Fsp3) is 0.0556. The summed E-state index contributed by atoms with van der Waals surface area (Å²) in [7, 11) is 1.50. The van der Waals surface area contributed by atoms with Crippen LogP contribution in [0.1, 0.15) is 15.9 Å². The monoisotopic (exact) mass is 400 g/mol. The first-order valence-electron chi connectivity index (χ1n) is 7.04. The van der Waals surface area contributed by atoms with Crippen LogP contribution in [0.25, 0.3) is 6.08 Å². The third-order valence-electron chi connectivity index (χ3n) is 3.25. The van der Waals surface area contributed by atoms with Crippen LogP contribution in [-0.4, -0.2) is 24.1 Å². The van der Waals surface area contributed by atoms with Crippen LogP contribution >= 0.6 is 15.9 Å². The number of carboxylic acids is 1. The van der Waals surface area contributed by atoms with Crippen molar-refractivity contribution in [2.45, 2.75) is 0 Å². The van der Waals surface area contributed by atoms with Gasteiger partial charge in [0.25, 0.3) is 5.91 Å². The van der Waals surface area contributed by atoms with E-state index in [1.807, 2.05) is 6.07 Å². The number of carboxylic acid groups (broad SMARTS) is 1. The van der Waals surface area contributed by atoms with Gasteiger partial charge in [0.2, 0.25) is 0 Å². The summed E-state index contributed by atoms with van der Waals surface area (Å²) in [5.41, 5.74) is 0.953. The number of amides is 1. The SMILES string of the molecule is COc1ccc(Br)cc1C=C(C#N)C(=O)Nc1ccc(C(=O)O)cc1. The first kappa shape index (κ1) is 18.2. The molecule has 6 nitrogen and oxygen atoms in total. The molecule has 1 amide bonds. The molecular weight excluding hydrogens is 388 g/mol. The molecule has 0 aliphatic carbocycles. The first-order chi connectivity index (χ1) is 11.9. The molecule has 0 radical (unpaired) electrons. The van der Waals surface area contributed by atoms with Crippen molar-refractivity contribution in [3.63, 3.8) is 0 Å². The predicted octanol–water partition coefficient (Wildman–Crippen LogP) is 3.70. The van der Waals surface area contributed by atoms with Crippen molar-refractivity contribution >= 4 is 39.6 Å². The number of carbonyl (C=O) groups is 2. The van der Waals surface area contributed by atoms with Gasteiger partial charge in [0.05, 0.1) is 12.7 Å². The third-order valence-corrected chi connectivity index (χ3v) is 3.74. The Morgan fingerprint density at radius 1 is 1.24 bits per heavy atom. The van der Waals surface area contributed by atoms with Gasteiger partial charge in [-0.1, -0.05) is 15.9 Å². The summed E-state index contributed by atoms with van der Waals surface area (Å²) in [6, 6.07) is 12.7. The maximum atomic E-state index is 12.3. The number of nitriles is 1. The molecule has 0 fully saturated rings. The van der Waals surface area contributed by atoms with E-state index in [1.165, 1.54) is 37.5 Å². The second kappa shape index (κ2) is 8.13. The lowest BCUT2D eigenvalue weighted by Gasteiger charge is -2.07. The van der Waals surface area contributed by atoms with E-state index in [1.54, 1.807) is 18.2 Å². The summed E-state index contributed by atoms with van der Waals surface area (Å²) >= 11 is 3.33. The molecule has 0 aliphatic rings. The largest absolute Gasteiger partial charge is 0.496 e. The Balaban J connectivity index is 2.25. The Bertz CT molecular complexity index is 883. The van der Waals surface area contributed by atoms with Crippen LogP contribution in [0.5, 0.6) is 5.75 Å². The maximum absolute atomic E-state index is 12.3. The van der Waals surface area contributed by atoms with Crippen LogP contribution < -0.4 is 10.1 Å². The summed E-state index contributed by atoms with van der Waals surface area (Å²) in [5, 5.41) is 20.7.